The molecule has 2 aromatic carbocycles. The molecule has 2 aliphatic rings. The molecule has 8 heteroatoms. The molecule has 2 atom stereocenters. The molecule has 0 N–H and O–H groups in total. The van der Waals surface area contributed by atoms with Gasteiger partial charge < -0.3 is 14.2 Å². The molecule has 5 rings (SSSR count). The molecule has 2 aliphatic heterocycles. The number of ether oxygens (including phenoxy) is 1. The van der Waals surface area contributed by atoms with Crippen LogP contribution in [0.15, 0.2) is 65.7 Å². The van der Waals surface area contributed by atoms with Gasteiger partial charge in [-0.3, -0.25) is 4.79 Å². The van der Waals surface area contributed by atoms with Crippen LogP contribution >= 0.6 is 0 Å². The van der Waals surface area contributed by atoms with Crippen LogP contribution in [-0.4, -0.2) is 60.4 Å². The maximum atomic E-state index is 13.8. The van der Waals surface area contributed by atoms with Gasteiger partial charge in [0.2, 0.25) is 15.9 Å². The van der Waals surface area contributed by atoms with Crippen LogP contribution in [0.2, 0.25) is 0 Å². The highest BCUT2D eigenvalue weighted by Crippen LogP contribution is 2.33. The number of hydrogen-bond donors (Lipinski definition) is 0. The van der Waals surface area contributed by atoms with Gasteiger partial charge >= 0.3 is 0 Å². The highest BCUT2D eigenvalue weighted by atomic mass is 32.2. The molecule has 3 heterocycles. The summed E-state index contributed by atoms with van der Waals surface area (Å²) in [6.07, 6.45) is 4.55. The maximum absolute atomic E-state index is 13.8. The lowest BCUT2D eigenvalue weighted by Gasteiger charge is -2.38. The lowest BCUT2D eigenvalue weighted by molar-refractivity contribution is -0.139. The molecule has 0 bridgehead atoms. The number of carbonyl (C=O) groups is 1. The van der Waals surface area contributed by atoms with Gasteiger partial charge in [0.15, 0.2) is 0 Å². The summed E-state index contributed by atoms with van der Waals surface area (Å²) in [5.74, 6) is -0.0817. The third-order valence-electron chi connectivity index (χ3n) is 7.75. The van der Waals surface area contributed by atoms with Crippen molar-refractivity contribution >= 4 is 15.9 Å². The highest BCUT2D eigenvalue weighted by molar-refractivity contribution is 7.89. The lowest BCUT2D eigenvalue weighted by Crippen LogP contribution is -2.47. The van der Waals surface area contributed by atoms with E-state index < -0.39 is 10.0 Å². The number of sulfonamides is 1. The van der Waals surface area contributed by atoms with Crippen molar-refractivity contribution in [3.8, 4) is 0 Å². The predicted molar refractivity (Wildman–Crippen MR) is 147 cm³/mol. The second-order valence-electron chi connectivity index (χ2n) is 10.5. The van der Waals surface area contributed by atoms with Gasteiger partial charge in [-0.05, 0) is 62.4 Å². The van der Waals surface area contributed by atoms with Gasteiger partial charge in [0.1, 0.15) is 6.61 Å². The van der Waals surface area contributed by atoms with Crippen LogP contribution in [0, 0.1) is 20.8 Å². The molecule has 2 unspecified atom stereocenters. The minimum absolute atomic E-state index is 0.0724. The summed E-state index contributed by atoms with van der Waals surface area (Å²) in [4.78, 5) is 15.7. The SMILES string of the molecule is Cc1cc(C)c(S(=O)(=O)N2CCCCC2COCC(=O)N2CCn3cccc3C2c2ccccc2)c(C)c1. The van der Waals surface area contributed by atoms with E-state index >= 15 is 0 Å². The Balaban J connectivity index is 1.29. The molecule has 1 aromatic heterocycles. The van der Waals surface area contributed by atoms with Gasteiger partial charge in [0.05, 0.1) is 17.5 Å². The smallest absolute Gasteiger partial charge is 0.249 e. The quantitative estimate of drug-likeness (QED) is 0.443. The van der Waals surface area contributed by atoms with Crippen molar-refractivity contribution in [3.63, 3.8) is 0 Å². The molecule has 38 heavy (non-hydrogen) atoms. The van der Waals surface area contributed by atoms with E-state index in [-0.39, 0.29) is 31.2 Å². The topological polar surface area (TPSA) is 71.8 Å². The summed E-state index contributed by atoms with van der Waals surface area (Å²) in [7, 11) is -3.68. The molecular weight excluding hydrogens is 498 g/mol. The Hall–Kier alpha value is -2.94. The molecule has 1 amide bonds. The van der Waals surface area contributed by atoms with Gasteiger partial charge in [-0.2, -0.15) is 4.31 Å². The fourth-order valence-electron chi connectivity index (χ4n) is 6.15. The fourth-order valence-corrected chi connectivity index (χ4v) is 8.25. The van der Waals surface area contributed by atoms with Crippen LogP contribution in [0.3, 0.4) is 0 Å². The van der Waals surface area contributed by atoms with E-state index in [4.69, 9.17) is 4.74 Å². The highest BCUT2D eigenvalue weighted by Gasteiger charge is 2.36. The first kappa shape index (κ1) is 26.7. The van der Waals surface area contributed by atoms with Crippen molar-refractivity contribution in [2.45, 2.75) is 63.6 Å². The van der Waals surface area contributed by atoms with Gasteiger partial charge in [-0.25, -0.2) is 8.42 Å². The predicted octanol–water partition coefficient (Wildman–Crippen LogP) is 4.60. The van der Waals surface area contributed by atoms with Crippen molar-refractivity contribution in [2.75, 3.05) is 26.3 Å². The minimum atomic E-state index is -3.68. The molecule has 7 nitrogen and oxygen atoms in total. The number of fused-ring (bicyclic) bond motifs is 1. The molecule has 0 saturated carbocycles. The van der Waals surface area contributed by atoms with Crippen LogP contribution in [0.25, 0.3) is 0 Å². The number of benzene rings is 2. The second kappa shape index (κ2) is 11.0. The van der Waals surface area contributed by atoms with Gasteiger partial charge in [-0.1, -0.05) is 54.4 Å². The Morgan fingerprint density at radius 1 is 0.947 bits per heavy atom. The summed E-state index contributed by atoms with van der Waals surface area (Å²) in [5.41, 5.74) is 4.74. The molecule has 0 radical (unpaired) electrons. The number of rotatable bonds is 7. The minimum Gasteiger partial charge on any atom is -0.370 e. The number of aryl methyl sites for hydroxylation is 3. The molecule has 0 aliphatic carbocycles. The van der Waals surface area contributed by atoms with E-state index in [0.29, 0.717) is 18.0 Å². The first-order chi connectivity index (χ1) is 18.3. The van der Waals surface area contributed by atoms with Crippen molar-refractivity contribution in [3.05, 3.63) is 88.7 Å². The summed E-state index contributed by atoms with van der Waals surface area (Å²) in [6.45, 7) is 7.63. The van der Waals surface area contributed by atoms with Crippen molar-refractivity contribution in [2.24, 2.45) is 0 Å². The summed E-state index contributed by atoms with van der Waals surface area (Å²) in [6, 6.07) is 17.5. The number of carbonyl (C=O) groups excluding carboxylic acids is 1. The Morgan fingerprint density at radius 3 is 2.42 bits per heavy atom. The Kier molecular flexibility index (Phi) is 7.75. The standard InChI is InChI=1S/C30H37N3O4S/c1-22-18-23(2)30(24(3)19-22)38(35,36)33-15-8-7-12-26(33)20-37-21-28(34)32-17-16-31-14-9-13-27(31)29(32)25-10-5-4-6-11-25/h4-6,9-11,13-14,18-19,26,29H,7-8,12,15-17,20-21H2,1-3H3. The number of hydrogen-bond acceptors (Lipinski definition) is 4. The molecule has 1 saturated heterocycles. The number of amides is 1. The molecule has 202 valence electrons. The summed E-state index contributed by atoms with van der Waals surface area (Å²) >= 11 is 0. The van der Waals surface area contributed by atoms with Crippen molar-refractivity contribution < 1.29 is 17.9 Å². The average molecular weight is 536 g/mol. The second-order valence-corrected chi connectivity index (χ2v) is 12.4. The van der Waals surface area contributed by atoms with Crippen LogP contribution in [-0.2, 0) is 26.1 Å². The zero-order valence-electron chi connectivity index (χ0n) is 22.5. The zero-order chi connectivity index (χ0) is 26.9. The van der Waals surface area contributed by atoms with Crippen LogP contribution < -0.4 is 0 Å². The lowest BCUT2D eigenvalue weighted by atomic mass is 10.00. The molecular formula is C30H37N3O4S. The van der Waals surface area contributed by atoms with Crippen molar-refractivity contribution in [1.29, 1.82) is 0 Å². The zero-order valence-corrected chi connectivity index (χ0v) is 23.3. The van der Waals surface area contributed by atoms with Crippen LogP contribution in [0.4, 0.5) is 0 Å². The first-order valence-corrected chi connectivity index (χ1v) is 14.9. The molecule has 1 fully saturated rings. The van der Waals surface area contributed by atoms with E-state index in [1.807, 2.05) is 74.2 Å². The monoisotopic (exact) mass is 535 g/mol. The van der Waals surface area contributed by atoms with E-state index in [0.717, 1.165) is 53.8 Å². The van der Waals surface area contributed by atoms with E-state index in [1.165, 1.54) is 0 Å². The Morgan fingerprint density at radius 2 is 1.68 bits per heavy atom. The average Bonchev–Trinajstić information content (AvgIpc) is 3.37. The number of piperidine rings is 1. The molecule has 0 spiro atoms. The first-order valence-electron chi connectivity index (χ1n) is 13.4. The van der Waals surface area contributed by atoms with Gasteiger partial charge in [0, 0.05) is 37.6 Å². The summed E-state index contributed by atoms with van der Waals surface area (Å²) in [5, 5.41) is 0. The summed E-state index contributed by atoms with van der Waals surface area (Å²) < 4.78 is 37.3. The van der Waals surface area contributed by atoms with Crippen molar-refractivity contribution in [1.82, 2.24) is 13.8 Å². The van der Waals surface area contributed by atoms with Gasteiger partial charge in [0.25, 0.3) is 0 Å². The molecule has 3 aromatic rings. The fraction of sp³-hybridized carbons (Fsp3) is 0.433. The number of aromatic nitrogens is 1. The van der Waals surface area contributed by atoms with Gasteiger partial charge in [-0.15, -0.1) is 0 Å². The third-order valence-corrected chi connectivity index (χ3v) is 10.0. The largest absolute Gasteiger partial charge is 0.370 e. The number of nitrogens with zero attached hydrogens (tertiary/aromatic N) is 3. The Labute approximate surface area is 226 Å². The van der Waals surface area contributed by atoms with E-state index in [1.54, 1.807) is 4.31 Å². The van der Waals surface area contributed by atoms with Crippen LogP contribution in [0.5, 0.6) is 0 Å². The van der Waals surface area contributed by atoms with Crippen LogP contribution in [0.1, 0.15) is 53.3 Å². The third kappa shape index (κ3) is 5.17. The maximum Gasteiger partial charge on any atom is 0.249 e. The Bertz CT molecular complexity index is 1380. The normalized spacial score (nSPS) is 20.3. The van der Waals surface area contributed by atoms with E-state index in [9.17, 15) is 13.2 Å². The van der Waals surface area contributed by atoms with E-state index in [2.05, 4.69) is 16.8 Å².